The maximum absolute atomic E-state index is 12.3. The molecule has 4 N–H and O–H groups in total. The van der Waals surface area contributed by atoms with Gasteiger partial charge in [-0.3, -0.25) is 9.59 Å². The fourth-order valence-electron chi connectivity index (χ4n) is 6.70. The van der Waals surface area contributed by atoms with E-state index in [1.807, 2.05) is 48.5 Å². The standard InChI is InChI=1S/C54H66O16/c1-7-49(59)67-33-41(55)29-63-45-21-13-37(14-22-45)53(3,4)39-17-25-47(26-18-39)65-31-43(57)35-69-51(61)11-9-10-12-52(62)70-36-44(58)32-66-48-27-19-40(20-28-48)54(5,6)38-15-23-46(24-16-38)64-30-42(56)34-68-50(60)8-2/h7-8,13-28,41-44,55-58H,1-2,9-12,29-36H2,3-6H3. The van der Waals surface area contributed by atoms with Gasteiger partial charge in [0.05, 0.1) is 0 Å². The van der Waals surface area contributed by atoms with E-state index in [-0.39, 0.29) is 76.5 Å². The molecule has 0 saturated heterocycles. The smallest absolute Gasteiger partial charge is 0.330 e. The average Bonchev–Trinajstić information content (AvgIpc) is 3.37. The molecule has 0 amide bonds. The lowest BCUT2D eigenvalue weighted by atomic mass is 9.78. The number of hydrogen-bond acceptors (Lipinski definition) is 16. The van der Waals surface area contributed by atoms with Crippen molar-refractivity contribution >= 4 is 23.9 Å². The molecule has 70 heavy (non-hydrogen) atoms. The Morgan fingerprint density at radius 3 is 0.871 bits per heavy atom. The SMILES string of the molecule is C=CC(=O)OCC(O)COc1ccc(C(C)(C)c2ccc(OCC(O)COC(=O)CCCCC(=O)OCC(O)COc3ccc(C(C)(C)c4ccc(OCC(O)COC(=O)C=C)cc4)cc3)cc2)cc1. The van der Waals surface area contributed by atoms with Crippen molar-refractivity contribution in [2.24, 2.45) is 0 Å². The third-order valence-corrected chi connectivity index (χ3v) is 11.1. The minimum atomic E-state index is -1.06. The number of esters is 4. The predicted octanol–water partition coefficient (Wildman–Crippen LogP) is 6.10. The fraction of sp³-hybridized carbons (Fsp3) is 0.407. The molecule has 16 heteroatoms. The van der Waals surface area contributed by atoms with Crippen LogP contribution in [0.4, 0.5) is 0 Å². The number of unbranched alkanes of at least 4 members (excludes halogenated alkanes) is 1. The van der Waals surface area contributed by atoms with Gasteiger partial charge < -0.3 is 58.3 Å². The van der Waals surface area contributed by atoms with Crippen LogP contribution in [0, 0.1) is 0 Å². The van der Waals surface area contributed by atoms with E-state index in [1.165, 1.54) is 0 Å². The van der Waals surface area contributed by atoms with Gasteiger partial charge in [0.1, 0.15) is 100 Å². The van der Waals surface area contributed by atoms with E-state index < -0.39 is 48.3 Å². The van der Waals surface area contributed by atoms with Gasteiger partial charge in [-0.2, -0.15) is 0 Å². The number of carbonyl (C=O) groups is 4. The van der Waals surface area contributed by atoms with E-state index in [4.69, 9.17) is 37.9 Å². The molecule has 0 bridgehead atoms. The number of carbonyl (C=O) groups excluding carboxylic acids is 4. The highest BCUT2D eigenvalue weighted by Crippen LogP contribution is 2.35. The number of ether oxygens (including phenoxy) is 8. The molecule has 0 spiro atoms. The van der Waals surface area contributed by atoms with Crippen LogP contribution in [-0.2, 0) is 49.0 Å². The Kier molecular flexibility index (Phi) is 22.4. The Bertz CT molecular complexity index is 2090. The first-order valence-corrected chi connectivity index (χ1v) is 22.9. The van der Waals surface area contributed by atoms with Gasteiger partial charge in [0.15, 0.2) is 0 Å². The summed E-state index contributed by atoms with van der Waals surface area (Å²) in [5.74, 6) is -0.113. The van der Waals surface area contributed by atoms with Gasteiger partial charge in [-0.25, -0.2) is 9.59 Å². The largest absolute Gasteiger partial charge is 0.491 e. The van der Waals surface area contributed by atoms with Gasteiger partial charge in [0.2, 0.25) is 0 Å². The summed E-state index contributed by atoms with van der Waals surface area (Å²) in [5, 5.41) is 40.7. The zero-order valence-electron chi connectivity index (χ0n) is 40.3. The van der Waals surface area contributed by atoms with Gasteiger partial charge in [-0.15, -0.1) is 0 Å². The molecule has 4 rings (SSSR count). The molecule has 0 aliphatic heterocycles. The van der Waals surface area contributed by atoms with Crippen molar-refractivity contribution in [3.05, 3.63) is 145 Å². The quantitative estimate of drug-likeness (QED) is 0.0194. The summed E-state index contributed by atoms with van der Waals surface area (Å²) in [7, 11) is 0. The number of benzene rings is 4. The van der Waals surface area contributed by atoms with Crippen molar-refractivity contribution in [1.29, 1.82) is 0 Å². The number of aliphatic hydroxyl groups excluding tert-OH is 4. The van der Waals surface area contributed by atoms with E-state index in [0.29, 0.717) is 35.8 Å². The van der Waals surface area contributed by atoms with E-state index in [9.17, 15) is 39.6 Å². The summed E-state index contributed by atoms with van der Waals surface area (Å²) >= 11 is 0. The first-order valence-electron chi connectivity index (χ1n) is 22.9. The zero-order chi connectivity index (χ0) is 51.1. The molecule has 378 valence electrons. The molecule has 0 radical (unpaired) electrons. The van der Waals surface area contributed by atoms with E-state index in [2.05, 4.69) is 40.9 Å². The minimum absolute atomic E-state index is 0.0463. The summed E-state index contributed by atoms with van der Waals surface area (Å²) in [6.45, 7) is 13.7. The second-order valence-electron chi connectivity index (χ2n) is 17.4. The molecular weight excluding hydrogens is 905 g/mol. The lowest BCUT2D eigenvalue weighted by molar-refractivity contribution is -0.149. The Morgan fingerprint density at radius 1 is 0.414 bits per heavy atom. The molecule has 4 unspecified atom stereocenters. The van der Waals surface area contributed by atoms with Crippen LogP contribution >= 0.6 is 0 Å². The number of hydrogen-bond donors (Lipinski definition) is 4. The molecule has 4 atom stereocenters. The van der Waals surface area contributed by atoms with Crippen LogP contribution < -0.4 is 18.9 Å². The first kappa shape index (κ1) is 55.9. The summed E-state index contributed by atoms with van der Waals surface area (Å²) < 4.78 is 42.7. The van der Waals surface area contributed by atoms with Gasteiger partial charge >= 0.3 is 23.9 Å². The molecule has 4 aromatic carbocycles. The number of rotatable bonds is 31. The van der Waals surface area contributed by atoms with Crippen LogP contribution in [0.1, 0.15) is 75.6 Å². The van der Waals surface area contributed by atoms with Gasteiger partial charge in [-0.05, 0) is 83.6 Å². The Morgan fingerprint density at radius 2 is 0.643 bits per heavy atom. The van der Waals surface area contributed by atoms with Crippen LogP contribution in [0.15, 0.2) is 122 Å². The maximum Gasteiger partial charge on any atom is 0.330 e. The predicted molar refractivity (Wildman–Crippen MR) is 259 cm³/mol. The van der Waals surface area contributed by atoms with Crippen LogP contribution in [0.5, 0.6) is 23.0 Å². The van der Waals surface area contributed by atoms with Crippen molar-refractivity contribution in [2.45, 2.75) is 88.6 Å². The van der Waals surface area contributed by atoms with Crippen LogP contribution in [0.3, 0.4) is 0 Å². The molecule has 4 aromatic rings. The molecule has 0 saturated carbocycles. The molecule has 0 aromatic heterocycles. The number of aliphatic hydroxyl groups is 4. The van der Waals surface area contributed by atoms with E-state index >= 15 is 0 Å². The third-order valence-electron chi connectivity index (χ3n) is 11.1. The lowest BCUT2D eigenvalue weighted by Gasteiger charge is -2.26. The Hall–Kier alpha value is -6.72. The van der Waals surface area contributed by atoms with Gasteiger partial charge in [0.25, 0.3) is 0 Å². The maximum atomic E-state index is 12.3. The van der Waals surface area contributed by atoms with Gasteiger partial charge in [0, 0.05) is 35.8 Å². The zero-order valence-corrected chi connectivity index (χ0v) is 40.3. The second kappa shape index (κ2) is 28.1. The summed E-state index contributed by atoms with van der Waals surface area (Å²) in [6, 6.07) is 29.8. The van der Waals surface area contributed by atoms with Crippen molar-refractivity contribution in [3.8, 4) is 23.0 Å². The van der Waals surface area contributed by atoms with Crippen LogP contribution in [0.25, 0.3) is 0 Å². The molecule has 0 heterocycles. The Balaban J connectivity index is 1.05. The third kappa shape index (κ3) is 19.0. The summed E-state index contributed by atoms with van der Waals surface area (Å²) in [4.78, 5) is 46.9. The Labute approximate surface area is 409 Å². The van der Waals surface area contributed by atoms with Crippen molar-refractivity contribution in [3.63, 3.8) is 0 Å². The molecule has 16 nitrogen and oxygen atoms in total. The van der Waals surface area contributed by atoms with Gasteiger partial charge in [-0.1, -0.05) is 89.4 Å². The van der Waals surface area contributed by atoms with E-state index in [0.717, 1.165) is 34.4 Å². The highest BCUT2D eigenvalue weighted by atomic mass is 16.6. The highest BCUT2D eigenvalue weighted by Gasteiger charge is 2.25. The lowest BCUT2D eigenvalue weighted by Crippen LogP contribution is -2.25. The average molecular weight is 971 g/mol. The normalized spacial score (nSPS) is 13.1. The van der Waals surface area contributed by atoms with Crippen molar-refractivity contribution < 1.29 is 77.5 Å². The molecule has 0 aliphatic rings. The van der Waals surface area contributed by atoms with Crippen LogP contribution in [-0.4, -0.2) is 122 Å². The molecular formula is C54H66O16. The van der Waals surface area contributed by atoms with E-state index in [1.54, 1.807) is 48.5 Å². The first-order chi connectivity index (χ1) is 33.4. The summed E-state index contributed by atoms with van der Waals surface area (Å²) in [6.07, 6.45) is -1.21. The minimum Gasteiger partial charge on any atom is -0.491 e. The fourth-order valence-corrected chi connectivity index (χ4v) is 6.70. The topological polar surface area (TPSA) is 223 Å². The monoisotopic (exact) mass is 970 g/mol. The molecule has 0 fully saturated rings. The highest BCUT2D eigenvalue weighted by molar-refractivity contribution is 5.81. The van der Waals surface area contributed by atoms with Crippen molar-refractivity contribution in [2.75, 3.05) is 52.9 Å². The van der Waals surface area contributed by atoms with Crippen LogP contribution in [0.2, 0.25) is 0 Å². The molecule has 0 aliphatic carbocycles. The van der Waals surface area contributed by atoms with Crippen molar-refractivity contribution in [1.82, 2.24) is 0 Å². The second-order valence-corrected chi connectivity index (χ2v) is 17.4. The summed E-state index contributed by atoms with van der Waals surface area (Å²) in [5.41, 5.74) is 3.30.